The van der Waals surface area contributed by atoms with Gasteiger partial charge in [0, 0.05) is 58.7 Å². The zero-order valence-electron chi connectivity index (χ0n) is 21.9. The highest BCUT2D eigenvalue weighted by atomic mass is 32.1. The molecule has 0 saturated carbocycles. The standard InChI is InChI=1S/C31H28N6OS/c1-3-21-13-23(28-18-39-19-33-28)15-24(14-21)34-31(38)37-12-10-27-26(17-37)29(25-9-5-4-7-20(25)2)36-30(35-27)22-8-6-11-32-16-22/h4-9,11,13-16,18-19H,3,10,12,17H2,1-2H3,(H,34,38). The number of urea groups is 1. The van der Waals surface area contributed by atoms with Gasteiger partial charge in [0.05, 0.1) is 29.1 Å². The molecule has 3 aromatic heterocycles. The number of hydrogen-bond donors (Lipinski definition) is 1. The van der Waals surface area contributed by atoms with Crippen LogP contribution in [-0.4, -0.2) is 37.4 Å². The van der Waals surface area contributed by atoms with Crippen molar-refractivity contribution in [2.24, 2.45) is 0 Å². The summed E-state index contributed by atoms with van der Waals surface area (Å²) in [5, 5.41) is 5.16. The summed E-state index contributed by atoms with van der Waals surface area (Å²) in [6.45, 7) is 5.20. The van der Waals surface area contributed by atoms with Crippen molar-refractivity contribution in [3.05, 3.63) is 100 Å². The van der Waals surface area contributed by atoms with Crippen molar-refractivity contribution in [2.75, 3.05) is 11.9 Å². The minimum absolute atomic E-state index is 0.134. The van der Waals surface area contributed by atoms with E-state index in [1.54, 1.807) is 23.7 Å². The topological polar surface area (TPSA) is 83.9 Å². The number of rotatable bonds is 5. The number of carbonyl (C=O) groups excluding carboxylic acids is 1. The number of anilines is 1. The summed E-state index contributed by atoms with van der Waals surface area (Å²) in [4.78, 5) is 34.0. The Morgan fingerprint density at radius 2 is 1.97 bits per heavy atom. The van der Waals surface area contributed by atoms with E-state index in [2.05, 4.69) is 47.3 Å². The molecule has 0 saturated heterocycles. The molecule has 0 bridgehead atoms. The van der Waals surface area contributed by atoms with Gasteiger partial charge in [-0.25, -0.2) is 19.7 Å². The Morgan fingerprint density at radius 1 is 1.08 bits per heavy atom. The summed E-state index contributed by atoms with van der Waals surface area (Å²) in [7, 11) is 0. The average molecular weight is 533 g/mol. The number of fused-ring (bicyclic) bond motifs is 1. The van der Waals surface area contributed by atoms with Gasteiger partial charge in [0.2, 0.25) is 0 Å². The number of amides is 2. The van der Waals surface area contributed by atoms with Gasteiger partial charge in [-0.15, -0.1) is 11.3 Å². The number of thiazole rings is 1. The average Bonchev–Trinajstić information content (AvgIpc) is 3.52. The van der Waals surface area contributed by atoms with Crippen LogP contribution in [0.3, 0.4) is 0 Å². The Bertz CT molecular complexity index is 1630. The summed E-state index contributed by atoms with van der Waals surface area (Å²) in [6.07, 6.45) is 5.05. The fourth-order valence-electron chi connectivity index (χ4n) is 4.95. The van der Waals surface area contributed by atoms with Crippen LogP contribution >= 0.6 is 11.3 Å². The molecule has 0 radical (unpaired) electrons. The summed E-state index contributed by atoms with van der Waals surface area (Å²) in [6, 6.07) is 18.1. The van der Waals surface area contributed by atoms with Crippen molar-refractivity contribution in [2.45, 2.75) is 33.2 Å². The number of nitrogens with zero attached hydrogens (tertiary/aromatic N) is 5. The van der Waals surface area contributed by atoms with Crippen LogP contribution in [0.15, 0.2) is 77.9 Å². The predicted octanol–water partition coefficient (Wildman–Crippen LogP) is 6.79. The quantitative estimate of drug-likeness (QED) is 0.269. The molecule has 39 heavy (non-hydrogen) atoms. The van der Waals surface area contributed by atoms with Gasteiger partial charge in [0.15, 0.2) is 5.82 Å². The van der Waals surface area contributed by atoms with E-state index in [1.807, 2.05) is 52.2 Å². The SMILES string of the molecule is CCc1cc(NC(=O)N2CCc3nc(-c4cccnc4)nc(-c4ccccc4C)c3C2)cc(-c2cscn2)c1. The molecular formula is C31H28N6OS. The van der Waals surface area contributed by atoms with E-state index in [-0.39, 0.29) is 6.03 Å². The predicted molar refractivity (Wildman–Crippen MR) is 155 cm³/mol. The third-order valence-electron chi connectivity index (χ3n) is 7.05. The van der Waals surface area contributed by atoms with Crippen LogP contribution in [0.5, 0.6) is 0 Å². The number of benzene rings is 2. The molecule has 5 aromatic rings. The number of pyridine rings is 1. The van der Waals surface area contributed by atoms with E-state index < -0.39 is 0 Å². The maximum atomic E-state index is 13.5. The van der Waals surface area contributed by atoms with Crippen molar-refractivity contribution in [3.8, 4) is 33.9 Å². The number of nitrogens with one attached hydrogen (secondary N) is 1. The summed E-state index contributed by atoms with van der Waals surface area (Å²) in [5.41, 5.74) is 11.6. The summed E-state index contributed by atoms with van der Waals surface area (Å²) >= 11 is 1.56. The van der Waals surface area contributed by atoms with Gasteiger partial charge in [-0.3, -0.25) is 4.98 Å². The van der Waals surface area contributed by atoms with Gasteiger partial charge in [-0.2, -0.15) is 0 Å². The monoisotopic (exact) mass is 532 g/mol. The fraction of sp³-hybridized carbons (Fsp3) is 0.194. The molecule has 1 aliphatic rings. The molecule has 0 atom stereocenters. The van der Waals surface area contributed by atoms with Crippen molar-refractivity contribution in [1.29, 1.82) is 0 Å². The van der Waals surface area contributed by atoms with Crippen molar-refractivity contribution in [1.82, 2.24) is 24.8 Å². The number of carbonyl (C=O) groups is 1. The van der Waals surface area contributed by atoms with Crippen LogP contribution in [0, 0.1) is 6.92 Å². The normalized spacial score (nSPS) is 12.7. The first kappa shape index (κ1) is 24.9. The zero-order chi connectivity index (χ0) is 26.8. The van der Waals surface area contributed by atoms with Gasteiger partial charge >= 0.3 is 6.03 Å². The molecule has 2 aromatic carbocycles. The van der Waals surface area contributed by atoms with E-state index in [4.69, 9.17) is 9.97 Å². The summed E-state index contributed by atoms with van der Waals surface area (Å²) < 4.78 is 0. The van der Waals surface area contributed by atoms with Crippen LogP contribution < -0.4 is 5.32 Å². The van der Waals surface area contributed by atoms with E-state index in [0.717, 1.165) is 62.6 Å². The minimum atomic E-state index is -0.134. The fourth-order valence-corrected chi connectivity index (χ4v) is 5.51. The van der Waals surface area contributed by atoms with Crippen LogP contribution in [0.25, 0.3) is 33.9 Å². The number of aromatic nitrogens is 4. The van der Waals surface area contributed by atoms with Crippen molar-refractivity contribution in [3.63, 3.8) is 0 Å². The Kier molecular flexibility index (Phi) is 6.85. The lowest BCUT2D eigenvalue weighted by Gasteiger charge is -2.30. The maximum absolute atomic E-state index is 13.5. The van der Waals surface area contributed by atoms with Gasteiger partial charge < -0.3 is 10.2 Å². The van der Waals surface area contributed by atoms with Crippen molar-refractivity contribution >= 4 is 23.1 Å². The molecule has 2 amide bonds. The highest BCUT2D eigenvalue weighted by Gasteiger charge is 2.27. The van der Waals surface area contributed by atoms with Gasteiger partial charge in [-0.1, -0.05) is 31.2 Å². The smallest absolute Gasteiger partial charge is 0.320 e. The first-order valence-corrected chi connectivity index (χ1v) is 14.0. The molecule has 8 heteroatoms. The van der Waals surface area contributed by atoms with Gasteiger partial charge in [-0.05, 0) is 54.8 Å². The molecule has 0 fully saturated rings. The van der Waals surface area contributed by atoms with E-state index in [9.17, 15) is 4.79 Å². The largest absolute Gasteiger partial charge is 0.322 e. The molecule has 0 unspecified atom stereocenters. The van der Waals surface area contributed by atoms with Crippen LogP contribution in [0.2, 0.25) is 0 Å². The zero-order valence-corrected chi connectivity index (χ0v) is 22.7. The highest BCUT2D eigenvalue weighted by Crippen LogP contribution is 2.33. The highest BCUT2D eigenvalue weighted by molar-refractivity contribution is 7.07. The first-order chi connectivity index (χ1) is 19.1. The Hall–Kier alpha value is -4.43. The van der Waals surface area contributed by atoms with E-state index in [0.29, 0.717) is 25.3 Å². The second-order valence-corrected chi connectivity index (χ2v) is 10.3. The maximum Gasteiger partial charge on any atom is 0.322 e. The van der Waals surface area contributed by atoms with Crippen LogP contribution in [0.4, 0.5) is 10.5 Å². The van der Waals surface area contributed by atoms with Crippen LogP contribution in [-0.2, 0) is 19.4 Å². The molecule has 4 heterocycles. The Morgan fingerprint density at radius 3 is 2.74 bits per heavy atom. The molecule has 1 N–H and O–H groups in total. The lowest BCUT2D eigenvalue weighted by molar-refractivity contribution is 0.206. The molecular weight excluding hydrogens is 504 g/mol. The third kappa shape index (κ3) is 5.15. The molecule has 194 valence electrons. The number of aryl methyl sites for hydroxylation is 2. The minimum Gasteiger partial charge on any atom is -0.320 e. The van der Waals surface area contributed by atoms with Gasteiger partial charge in [0.1, 0.15) is 0 Å². The molecule has 0 spiro atoms. The van der Waals surface area contributed by atoms with Crippen molar-refractivity contribution < 1.29 is 4.79 Å². The first-order valence-electron chi connectivity index (χ1n) is 13.0. The lowest BCUT2D eigenvalue weighted by Crippen LogP contribution is -2.39. The van der Waals surface area contributed by atoms with E-state index >= 15 is 0 Å². The van der Waals surface area contributed by atoms with Gasteiger partial charge in [0.25, 0.3) is 0 Å². The third-order valence-corrected chi connectivity index (χ3v) is 7.63. The van der Waals surface area contributed by atoms with Crippen LogP contribution in [0.1, 0.15) is 29.3 Å². The molecule has 7 nitrogen and oxygen atoms in total. The molecule has 0 aliphatic carbocycles. The Balaban J connectivity index is 1.33. The molecule has 6 rings (SSSR count). The second-order valence-electron chi connectivity index (χ2n) is 9.63. The Labute approximate surface area is 231 Å². The lowest BCUT2D eigenvalue weighted by atomic mass is 9.96. The number of hydrogen-bond acceptors (Lipinski definition) is 6. The summed E-state index contributed by atoms with van der Waals surface area (Å²) in [5.74, 6) is 0.656. The second kappa shape index (κ2) is 10.7. The molecule has 1 aliphatic heterocycles. The van der Waals surface area contributed by atoms with E-state index in [1.165, 1.54) is 0 Å².